The molecule has 4 aliphatic heterocycles. The maximum Gasteiger partial charge on any atom is 0.166 e. The molecule has 0 radical (unpaired) electrons. The number of fused-ring (bicyclic) bond motifs is 1. The average molecular weight is 297 g/mol. The van der Waals surface area contributed by atoms with Crippen molar-refractivity contribution in [2.45, 2.75) is 56.9 Å². The molecule has 5 nitrogen and oxygen atoms in total. The van der Waals surface area contributed by atoms with Crippen molar-refractivity contribution in [3.8, 4) is 0 Å². The van der Waals surface area contributed by atoms with Crippen LogP contribution in [0.2, 0.25) is 0 Å². The molecule has 0 aromatic carbocycles. The van der Waals surface area contributed by atoms with Crippen LogP contribution >= 0.6 is 0 Å². The first-order valence-corrected chi connectivity index (χ1v) is 8.42. The third-order valence-electron chi connectivity index (χ3n) is 6.24. The number of likely N-dealkylation sites (tertiary alicyclic amines) is 1. The van der Waals surface area contributed by atoms with Crippen LogP contribution in [0.15, 0.2) is 0 Å². The Labute approximate surface area is 126 Å². The number of nitrogens with zero attached hydrogens (tertiary/aromatic N) is 1. The lowest BCUT2D eigenvalue weighted by atomic mass is 9.73. The van der Waals surface area contributed by atoms with E-state index < -0.39 is 11.7 Å². The van der Waals surface area contributed by atoms with Gasteiger partial charge in [0, 0.05) is 25.5 Å². The molecule has 1 N–H and O–H groups in total. The van der Waals surface area contributed by atoms with Gasteiger partial charge in [0.05, 0.1) is 6.10 Å². The van der Waals surface area contributed by atoms with Crippen molar-refractivity contribution < 1.29 is 19.3 Å². The van der Waals surface area contributed by atoms with E-state index in [1.165, 1.54) is 19.3 Å². The Hall–Kier alpha value is -0.200. The molecule has 5 heteroatoms. The van der Waals surface area contributed by atoms with Crippen LogP contribution in [0.1, 0.15) is 32.6 Å². The normalized spacial score (nSPS) is 53.3. The lowest BCUT2D eigenvalue weighted by Crippen LogP contribution is -2.68. The molecule has 0 amide bonds. The zero-order valence-corrected chi connectivity index (χ0v) is 13.0. The van der Waals surface area contributed by atoms with Crippen LogP contribution in [0.5, 0.6) is 0 Å². The number of methoxy groups -OCH3 is 1. The molecule has 0 spiro atoms. The minimum atomic E-state index is -0.488. The summed E-state index contributed by atoms with van der Waals surface area (Å²) in [7, 11) is 1.70. The first kappa shape index (κ1) is 14.4. The highest BCUT2D eigenvalue weighted by atomic mass is 16.8. The summed E-state index contributed by atoms with van der Waals surface area (Å²) in [5, 5.41) is 10.8. The Morgan fingerprint density at radius 3 is 2.76 bits per heavy atom. The van der Waals surface area contributed by atoms with Gasteiger partial charge in [0.15, 0.2) is 12.6 Å². The number of piperidine rings is 1. The van der Waals surface area contributed by atoms with E-state index in [9.17, 15) is 5.11 Å². The SMILES string of the molecule is COC1O[C@H]2OC3(CN4CCCCC4)C(O)C[C@H]([C@@H]2C)[C@H]13. The van der Waals surface area contributed by atoms with E-state index in [2.05, 4.69) is 11.8 Å². The van der Waals surface area contributed by atoms with Gasteiger partial charge in [0.2, 0.25) is 0 Å². The van der Waals surface area contributed by atoms with Crippen LogP contribution in [0.25, 0.3) is 0 Å². The first-order valence-electron chi connectivity index (χ1n) is 8.42. The predicted molar refractivity (Wildman–Crippen MR) is 76.5 cm³/mol. The van der Waals surface area contributed by atoms with Crippen molar-refractivity contribution >= 4 is 0 Å². The largest absolute Gasteiger partial charge is 0.390 e. The fourth-order valence-corrected chi connectivity index (χ4v) is 5.13. The molecule has 3 unspecified atom stereocenters. The smallest absolute Gasteiger partial charge is 0.166 e. The predicted octanol–water partition coefficient (Wildman–Crippen LogP) is 1.20. The van der Waals surface area contributed by atoms with Crippen molar-refractivity contribution in [1.29, 1.82) is 0 Å². The van der Waals surface area contributed by atoms with Crippen LogP contribution in [0.4, 0.5) is 0 Å². The van der Waals surface area contributed by atoms with E-state index in [0.717, 1.165) is 26.1 Å². The number of hydrogen-bond acceptors (Lipinski definition) is 5. The van der Waals surface area contributed by atoms with Crippen LogP contribution in [-0.4, -0.2) is 61.0 Å². The van der Waals surface area contributed by atoms with Crippen LogP contribution in [0.3, 0.4) is 0 Å². The highest BCUT2D eigenvalue weighted by molar-refractivity contribution is 5.13. The number of aliphatic hydroxyl groups excluding tert-OH is 1. The lowest BCUT2D eigenvalue weighted by Gasteiger charge is -2.56. The molecule has 1 saturated carbocycles. The summed E-state index contributed by atoms with van der Waals surface area (Å²) in [6.45, 7) is 5.24. The topological polar surface area (TPSA) is 51.2 Å². The second-order valence-electron chi connectivity index (χ2n) is 7.32. The van der Waals surface area contributed by atoms with Crippen molar-refractivity contribution in [3.63, 3.8) is 0 Å². The third kappa shape index (κ3) is 2.01. The van der Waals surface area contributed by atoms with Gasteiger partial charge in [-0.05, 0) is 38.3 Å². The fraction of sp³-hybridized carbons (Fsp3) is 1.00. The second-order valence-corrected chi connectivity index (χ2v) is 7.32. The Kier molecular flexibility index (Phi) is 3.54. The summed E-state index contributed by atoms with van der Waals surface area (Å²) < 4.78 is 17.8. The van der Waals surface area contributed by atoms with Gasteiger partial charge in [0.25, 0.3) is 0 Å². The molecule has 4 heterocycles. The number of ether oxygens (including phenoxy) is 3. The summed E-state index contributed by atoms with van der Waals surface area (Å²) in [6.07, 6.45) is 3.79. The third-order valence-corrected chi connectivity index (χ3v) is 6.24. The molecule has 5 aliphatic rings. The van der Waals surface area contributed by atoms with Gasteiger partial charge in [0.1, 0.15) is 5.60 Å². The standard InChI is InChI=1S/C16H27NO4/c1-10-11-8-12(18)16(9-17-6-4-3-5-7-17)13(11)15(19-2)20-14(10)21-16/h10-15,18H,3-9H2,1-2H3/t10-,11+,12?,13+,14-,15?,16?/m0/s1. The first-order chi connectivity index (χ1) is 10.2. The summed E-state index contributed by atoms with van der Waals surface area (Å²) in [6, 6.07) is 0. The molecular formula is C16H27NO4. The summed E-state index contributed by atoms with van der Waals surface area (Å²) in [5.74, 6) is 0.940. The molecule has 5 rings (SSSR count). The van der Waals surface area contributed by atoms with Crippen molar-refractivity contribution in [2.24, 2.45) is 17.8 Å². The summed E-state index contributed by atoms with van der Waals surface area (Å²) >= 11 is 0. The summed E-state index contributed by atoms with van der Waals surface area (Å²) in [4.78, 5) is 2.47. The Morgan fingerprint density at radius 1 is 1.29 bits per heavy atom. The minimum Gasteiger partial charge on any atom is -0.390 e. The van der Waals surface area contributed by atoms with Crippen molar-refractivity contribution in [1.82, 2.24) is 4.90 Å². The van der Waals surface area contributed by atoms with Gasteiger partial charge >= 0.3 is 0 Å². The number of rotatable bonds is 3. The number of aliphatic hydroxyl groups is 1. The highest BCUT2D eigenvalue weighted by Crippen LogP contribution is 2.58. The molecule has 1 aliphatic carbocycles. The van der Waals surface area contributed by atoms with Gasteiger partial charge in [-0.1, -0.05) is 13.3 Å². The van der Waals surface area contributed by atoms with Crippen molar-refractivity contribution in [3.05, 3.63) is 0 Å². The van der Waals surface area contributed by atoms with Gasteiger partial charge in [-0.2, -0.15) is 0 Å². The molecule has 0 aromatic heterocycles. The molecule has 0 aromatic rings. The zero-order chi connectivity index (χ0) is 14.6. The molecule has 7 atom stereocenters. The molecular weight excluding hydrogens is 270 g/mol. The number of hydrogen-bond donors (Lipinski definition) is 1. The Morgan fingerprint density at radius 2 is 2.05 bits per heavy atom. The van der Waals surface area contributed by atoms with Gasteiger partial charge in [-0.15, -0.1) is 0 Å². The maximum atomic E-state index is 10.8. The van der Waals surface area contributed by atoms with Gasteiger partial charge in [-0.3, -0.25) is 0 Å². The maximum absolute atomic E-state index is 10.8. The monoisotopic (exact) mass is 297 g/mol. The molecule has 120 valence electrons. The van der Waals surface area contributed by atoms with E-state index in [4.69, 9.17) is 14.2 Å². The van der Waals surface area contributed by atoms with Gasteiger partial charge in [-0.25, -0.2) is 0 Å². The van der Waals surface area contributed by atoms with E-state index in [1.54, 1.807) is 7.11 Å². The second kappa shape index (κ2) is 5.17. The lowest BCUT2D eigenvalue weighted by molar-refractivity contribution is -0.410. The van der Waals surface area contributed by atoms with Crippen LogP contribution in [0, 0.1) is 17.8 Å². The zero-order valence-electron chi connectivity index (χ0n) is 13.0. The molecule has 21 heavy (non-hydrogen) atoms. The fourth-order valence-electron chi connectivity index (χ4n) is 5.13. The van der Waals surface area contributed by atoms with Crippen LogP contribution in [-0.2, 0) is 14.2 Å². The van der Waals surface area contributed by atoms with E-state index in [1.807, 2.05) is 0 Å². The summed E-state index contributed by atoms with van der Waals surface area (Å²) in [5.41, 5.74) is -0.488. The van der Waals surface area contributed by atoms with E-state index in [0.29, 0.717) is 11.8 Å². The quantitative estimate of drug-likeness (QED) is 0.848. The Bertz CT molecular complexity index is 400. The van der Waals surface area contributed by atoms with E-state index >= 15 is 0 Å². The van der Waals surface area contributed by atoms with Crippen LogP contribution < -0.4 is 0 Å². The average Bonchev–Trinajstić information content (AvgIpc) is 2.75. The molecule has 4 saturated heterocycles. The highest BCUT2D eigenvalue weighted by Gasteiger charge is 2.69. The minimum absolute atomic E-state index is 0.152. The van der Waals surface area contributed by atoms with Gasteiger partial charge < -0.3 is 24.2 Å². The molecule has 4 bridgehead atoms. The molecule has 5 fully saturated rings. The Balaban J connectivity index is 1.62. The van der Waals surface area contributed by atoms with Crippen molar-refractivity contribution in [2.75, 3.05) is 26.7 Å². The van der Waals surface area contributed by atoms with E-state index in [-0.39, 0.29) is 18.5 Å².